The van der Waals surface area contributed by atoms with Gasteiger partial charge in [0.2, 0.25) is 11.8 Å². The fourth-order valence-electron chi connectivity index (χ4n) is 5.05. The molecule has 3 aromatic carbocycles. The van der Waals surface area contributed by atoms with Crippen molar-refractivity contribution in [2.24, 2.45) is 0 Å². The number of methoxy groups -OCH3 is 1. The van der Waals surface area contributed by atoms with E-state index in [1.807, 2.05) is 54.6 Å². The fraction of sp³-hybridized carbons (Fsp3) is 0.394. The minimum atomic E-state index is -0.579. The molecule has 1 aliphatic carbocycles. The number of carbonyl (C=O) groups excluding carboxylic acids is 2. The number of thioether (sulfide) groups is 1. The number of amides is 2. The van der Waals surface area contributed by atoms with E-state index in [0.717, 1.165) is 48.1 Å². The number of benzene rings is 3. The smallest absolute Gasteiger partial charge is 0.243 e. The highest BCUT2D eigenvalue weighted by Gasteiger charge is 2.31. The van der Waals surface area contributed by atoms with E-state index in [9.17, 15) is 9.59 Å². The van der Waals surface area contributed by atoms with Gasteiger partial charge in [-0.15, -0.1) is 11.8 Å². The summed E-state index contributed by atoms with van der Waals surface area (Å²) >= 11 is 1.58. The first-order valence-corrected chi connectivity index (χ1v) is 15.1. The number of aryl methyl sites for hydroxylation is 1. The summed E-state index contributed by atoms with van der Waals surface area (Å²) in [5.41, 5.74) is 4.38. The monoisotopic (exact) mass is 544 g/mol. The molecular weight excluding hydrogens is 504 g/mol. The Bertz CT molecular complexity index is 1180. The van der Waals surface area contributed by atoms with Crippen molar-refractivity contribution in [1.29, 1.82) is 0 Å². The number of nitrogens with zero attached hydrogens (tertiary/aromatic N) is 1. The number of hydrogen-bond donors (Lipinski definition) is 1. The summed E-state index contributed by atoms with van der Waals surface area (Å²) in [6, 6.07) is 25.8. The van der Waals surface area contributed by atoms with E-state index >= 15 is 0 Å². The zero-order chi connectivity index (χ0) is 27.5. The average molecular weight is 545 g/mol. The quantitative estimate of drug-likeness (QED) is 0.290. The molecule has 5 nitrogen and oxygen atoms in total. The van der Waals surface area contributed by atoms with Crippen LogP contribution in [0.2, 0.25) is 0 Å². The maximum Gasteiger partial charge on any atom is 0.243 e. The van der Waals surface area contributed by atoms with Crippen LogP contribution >= 0.6 is 11.8 Å². The van der Waals surface area contributed by atoms with E-state index in [4.69, 9.17) is 4.74 Å². The van der Waals surface area contributed by atoms with Crippen LogP contribution in [0.25, 0.3) is 0 Å². The minimum Gasteiger partial charge on any atom is -0.497 e. The average Bonchev–Trinajstić information content (AvgIpc) is 2.97. The van der Waals surface area contributed by atoms with Crippen LogP contribution in [0.3, 0.4) is 0 Å². The van der Waals surface area contributed by atoms with Crippen LogP contribution in [0.4, 0.5) is 0 Å². The highest BCUT2D eigenvalue weighted by atomic mass is 32.2. The van der Waals surface area contributed by atoms with Gasteiger partial charge in [-0.2, -0.15) is 0 Å². The standard InChI is InChI=1S/C33H40N2O3S/c1-25-13-15-27(16-14-25)22-35(32(36)24-39-23-28-17-19-30(38-2)20-18-28)31(21-26-9-5-3-6-10-26)33(37)34-29-11-7-4-8-12-29/h3,5-6,9-10,13-20,29,31H,4,7-8,11-12,21-24H2,1-2H3,(H,34,37). The second-order valence-corrected chi connectivity index (χ2v) is 11.4. The van der Waals surface area contributed by atoms with E-state index in [0.29, 0.717) is 24.5 Å². The van der Waals surface area contributed by atoms with Crippen molar-refractivity contribution in [2.75, 3.05) is 12.9 Å². The van der Waals surface area contributed by atoms with Crippen molar-refractivity contribution >= 4 is 23.6 Å². The summed E-state index contributed by atoms with van der Waals surface area (Å²) in [6.07, 6.45) is 6.01. The lowest BCUT2D eigenvalue weighted by atomic mass is 9.94. The molecule has 2 amide bonds. The van der Waals surface area contributed by atoms with Crippen LogP contribution in [0, 0.1) is 6.92 Å². The molecule has 0 radical (unpaired) electrons. The van der Waals surface area contributed by atoms with Crippen LogP contribution in [0.5, 0.6) is 5.75 Å². The third-order valence-electron chi connectivity index (χ3n) is 7.35. The topological polar surface area (TPSA) is 58.6 Å². The predicted molar refractivity (Wildman–Crippen MR) is 160 cm³/mol. The van der Waals surface area contributed by atoms with E-state index < -0.39 is 6.04 Å². The van der Waals surface area contributed by atoms with Gasteiger partial charge in [-0.25, -0.2) is 0 Å². The highest BCUT2D eigenvalue weighted by molar-refractivity contribution is 7.99. The molecule has 0 heterocycles. The molecule has 1 unspecified atom stereocenters. The van der Waals surface area contributed by atoms with E-state index in [1.165, 1.54) is 12.0 Å². The first-order valence-electron chi connectivity index (χ1n) is 13.9. The number of rotatable bonds is 12. The lowest BCUT2D eigenvalue weighted by molar-refractivity contribution is -0.139. The first-order chi connectivity index (χ1) is 19.0. The van der Waals surface area contributed by atoms with Crippen LogP contribution in [0.1, 0.15) is 54.4 Å². The molecule has 0 spiro atoms. The van der Waals surface area contributed by atoms with Gasteiger partial charge in [0.05, 0.1) is 12.9 Å². The molecule has 206 valence electrons. The van der Waals surface area contributed by atoms with Crippen molar-refractivity contribution in [3.05, 3.63) is 101 Å². The maximum atomic E-state index is 13.8. The van der Waals surface area contributed by atoms with Gasteiger partial charge in [0.1, 0.15) is 11.8 Å². The number of nitrogens with one attached hydrogen (secondary N) is 1. The molecule has 0 aromatic heterocycles. The lowest BCUT2D eigenvalue weighted by Gasteiger charge is -2.33. The molecule has 1 fully saturated rings. The number of ether oxygens (including phenoxy) is 1. The first kappa shape index (κ1) is 28.8. The maximum absolute atomic E-state index is 13.8. The van der Waals surface area contributed by atoms with Gasteiger partial charge in [0.25, 0.3) is 0 Å². The third-order valence-corrected chi connectivity index (χ3v) is 8.34. The highest BCUT2D eigenvalue weighted by Crippen LogP contribution is 2.22. The van der Waals surface area contributed by atoms with Crippen molar-refractivity contribution in [3.8, 4) is 5.75 Å². The Balaban J connectivity index is 1.54. The lowest BCUT2D eigenvalue weighted by Crippen LogP contribution is -2.53. The van der Waals surface area contributed by atoms with Crippen LogP contribution < -0.4 is 10.1 Å². The fourth-order valence-corrected chi connectivity index (χ4v) is 5.92. The molecule has 0 bridgehead atoms. The summed E-state index contributed by atoms with van der Waals surface area (Å²) < 4.78 is 5.25. The Morgan fingerprint density at radius 3 is 2.23 bits per heavy atom. The van der Waals surface area contributed by atoms with Crippen LogP contribution in [-0.4, -0.2) is 41.7 Å². The molecule has 6 heteroatoms. The van der Waals surface area contributed by atoms with Gasteiger partial charge in [-0.3, -0.25) is 9.59 Å². The third kappa shape index (κ3) is 8.89. The van der Waals surface area contributed by atoms with Crippen LogP contribution in [0.15, 0.2) is 78.9 Å². The molecule has 1 aliphatic rings. The largest absolute Gasteiger partial charge is 0.497 e. The summed E-state index contributed by atoms with van der Waals surface area (Å²) in [6.45, 7) is 2.45. The van der Waals surface area contributed by atoms with Gasteiger partial charge in [0.15, 0.2) is 0 Å². The summed E-state index contributed by atoms with van der Waals surface area (Å²) in [7, 11) is 1.65. The van der Waals surface area contributed by atoms with E-state index in [-0.39, 0.29) is 17.9 Å². The Morgan fingerprint density at radius 1 is 0.897 bits per heavy atom. The van der Waals surface area contributed by atoms with Gasteiger partial charge < -0.3 is 15.0 Å². The summed E-state index contributed by atoms with van der Waals surface area (Å²) in [5, 5.41) is 3.31. The molecule has 0 saturated heterocycles. The molecule has 1 saturated carbocycles. The Hall–Kier alpha value is -3.25. The van der Waals surface area contributed by atoms with Crippen molar-refractivity contribution < 1.29 is 14.3 Å². The molecule has 3 aromatic rings. The SMILES string of the molecule is COc1ccc(CSCC(=O)N(Cc2ccc(C)cc2)C(Cc2ccccc2)C(=O)NC2CCCCC2)cc1. The Kier molecular flexibility index (Phi) is 10.9. The predicted octanol–water partition coefficient (Wildman–Crippen LogP) is 6.33. The molecule has 1 atom stereocenters. The normalized spacial score (nSPS) is 14.4. The van der Waals surface area contributed by atoms with Crippen molar-refractivity contribution in [1.82, 2.24) is 10.2 Å². The van der Waals surface area contributed by atoms with E-state index in [2.05, 4.69) is 36.5 Å². The number of carbonyl (C=O) groups is 2. The molecule has 1 N–H and O–H groups in total. The second kappa shape index (κ2) is 14.8. The second-order valence-electron chi connectivity index (χ2n) is 10.4. The molecule has 39 heavy (non-hydrogen) atoms. The summed E-state index contributed by atoms with van der Waals surface area (Å²) in [4.78, 5) is 29.5. The van der Waals surface area contributed by atoms with Crippen molar-refractivity contribution in [2.45, 2.75) is 69.8 Å². The van der Waals surface area contributed by atoms with Gasteiger partial charge in [-0.1, -0.05) is 91.6 Å². The molecule has 4 rings (SSSR count). The molecular formula is C33H40N2O3S. The van der Waals surface area contributed by atoms with Gasteiger partial charge in [0, 0.05) is 24.8 Å². The zero-order valence-electron chi connectivity index (χ0n) is 23.1. The number of hydrogen-bond acceptors (Lipinski definition) is 4. The van der Waals surface area contributed by atoms with Gasteiger partial charge in [-0.05, 0) is 48.6 Å². The van der Waals surface area contributed by atoms with Gasteiger partial charge >= 0.3 is 0 Å². The zero-order valence-corrected chi connectivity index (χ0v) is 23.9. The Labute approximate surface area is 237 Å². The minimum absolute atomic E-state index is 0.0196. The molecule has 0 aliphatic heterocycles. The van der Waals surface area contributed by atoms with E-state index in [1.54, 1.807) is 23.8 Å². The Morgan fingerprint density at radius 2 is 1.56 bits per heavy atom. The van der Waals surface area contributed by atoms with Crippen molar-refractivity contribution in [3.63, 3.8) is 0 Å². The summed E-state index contributed by atoms with van der Waals surface area (Å²) in [5.74, 6) is 1.77. The van der Waals surface area contributed by atoms with Crippen LogP contribution in [-0.2, 0) is 28.3 Å².